The second-order valence-corrected chi connectivity index (χ2v) is 5.74. The lowest BCUT2D eigenvalue weighted by Gasteiger charge is -2.16. The molecule has 4 nitrogen and oxygen atoms in total. The molecule has 2 amide bonds. The average molecular weight is 294 g/mol. The Bertz CT molecular complexity index is 720. The smallest absolute Gasteiger partial charge is 0.258 e. The summed E-state index contributed by atoms with van der Waals surface area (Å²) < 4.78 is 0. The van der Waals surface area contributed by atoms with Gasteiger partial charge in [-0.1, -0.05) is 32.0 Å². The van der Waals surface area contributed by atoms with Gasteiger partial charge in [-0.2, -0.15) is 0 Å². The third-order valence-corrected chi connectivity index (χ3v) is 3.79. The normalized spacial score (nSPS) is 13.4. The van der Waals surface area contributed by atoms with Crippen molar-refractivity contribution in [1.29, 1.82) is 0 Å². The predicted molar refractivity (Wildman–Crippen MR) is 86.9 cm³/mol. The minimum absolute atomic E-state index is 0.0163. The number of amides is 2. The molecule has 0 bridgehead atoms. The molecule has 0 saturated heterocycles. The van der Waals surface area contributed by atoms with Gasteiger partial charge in [0.15, 0.2) is 0 Å². The molecule has 22 heavy (non-hydrogen) atoms. The number of rotatable bonds is 3. The molecule has 2 aromatic rings. The van der Waals surface area contributed by atoms with Gasteiger partial charge in [0, 0.05) is 22.9 Å². The highest BCUT2D eigenvalue weighted by atomic mass is 16.2. The van der Waals surface area contributed by atoms with Crippen molar-refractivity contribution in [3.63, 3.8) is 0 Å². The van der Waals surface area contributed by atoms with Gasteiger partial charge in [0.25, 0.3) is 5.91 Å². The highest BCUT2D eigenvalue weighted by molar-refractivity contribution is 6.10. The van der Waals surface area contributed by atoms with E-state index in [-0.39, 0.29) is 17.7 Å². The first-order chi connectivity index (χ1) is 10.6. The lowest BCUT2D eigenvalue weighted by molar-refractivity contribution is -0.118. The largest absolute Gasteiger partial charge is 0.326 e. The highest BCUT2D eigenvalue weighted by Gasteiger charge is 2.27. The molecule has 0 spiro atoms. The van der Waals surface area contributed by atoms with E-state index in [0.29, 0.717) is 6.54 Å². The number of nitrogens with one attached hydrogen (secondary N) is 1. The van der Waals surface area contributed by atoms with Crippen LogP contribution in [0.25, 0.3) is 0 Å². The second kappa shape index (κ2) is 5.64. The zero-order valence-electron chi connectivity index (χ0n) is 12.7. The van der Waals surface area contributed by atoms with Crippen LogP contribution in [0.15, 0.2) is 48.5 Å². The molecule has 0 saturated carbocycles. The minimum Gasteiger partial charge on any atom is -0.326 e. The Morgan fingerprint density at radius 1 is 1.09 bits per heavy atom. The van der Waals surface area contributed by atoms with E-state index in [0.717, 1.165) is 22.5 Å². The maximum atomic E-state index is 12.4. The summed E-state index contributed by atoms with van der Waals surface area (Å²) in [6.45, 7) is 4.29. The molecule has 1 aliphatic rings. The van der Waals surface area contributed by atoms with Gasteiger partial charge in [-0.05, 0) is 35.9 Å². The first-order valence-electron chi connectivity index (χ1n) is 7.37. The first-order valence-corrected chi connectivity index (χ1v) is 7.37. The molecule has 4 heteroatoms. The fourth-order valence-corrected chi connectivity index (χ4v) is 2.47. The Hall–Kier alpha value is -2.62. The van der Waals surface area contributed by atoms with E-state index >= 15 is 0 Å². The number of nitrogens with zero attached hydrogens (tertiary/aromatic N) is 1. The van der Waals surface area contributed by atoms with Crippen molar-refractivity contribution in [3.8, 4) is 0 Å². The van der Waals surface area contributed by atoms with Gasteiger partial charge in [-0.3, -0.25) is 9.59 Å². The number of fused-ring (bicyclic) bond motifs is 1. The van der Waals surface area contributed by atoms with Crippen LogP contribution in [0.3, 0.4) is 0 Å². The molecule has 1 N–H and O–H groups in total. The fraction of sp³-hybridized carbons (Fsp3) is 0.222. The summed E-state index contributed by atoms with van der Waals surface area (Å²) in [6.07, 6.45) is 0. The van der Waals surface area contributed by atoms with Crippen LogP contribution >= 0.6 is 0 Å². The van der Waals surface area contributed by atoms with Crippen LogP contribution in [0.2, 0.25) is 0 Å². The van der Waals surface area contributed by atoms with Crippen LogP contribution in [0.1, 0.15) is 29.8 Å². The van der Waals surface area contributed by atoms with Crippen LogP contribution in [-0.4, -0.2) is 11.8 Å². The average Bonchev–Trinajstić information content (AvgIpc) is 2.85. The van der Waals surface area contributed by atoms with Crippen molar-refractivity contribution in [2.45, 2.75) is 20.4 Å². The Morgan fingerprint density at radius 3 is 2.41 bits per heavy atom. The maximum absolute atomic E-state index is 12.4. The number of benzene rings is 2. The molecule has 2 aromatic carbocycles. The molecule has 0 aliphatic carbocycles. The van der Waals surface area contributed by atoms with Crippen molar-refractivity contribution in [3.05, 3.63) is 59.7 Å². The van der Waals surface area contributed by atoms with E-state index in [1.54, 1.807) is 4.90 Å². The van der Waals surface area contributed by atoms with E-state index in [1.165, 1.54) is 0 Å². The van der Waals surface area contributed by atoms with Crippen LogP contribution in [-0.2, 0) is 11.3 Å². The summed E-state index contributed by atoms with van der Waals surface area (Å²) in [7, 11) is 0. The molecule has 3 rings (SSSR count). The van der Waals surface area contributed by atoms with Gasteiger partial charge >= 0.3 is 0 Å². The van der Waals surface area contributed by atoms with Crippen molar-refractivity contribution in [2.75, 3.05) is 10.2 Å². The van der Waals surface area contributed by atoms with Crippen molar-refractivity contribution >= 4 is 23.2 Å². The van der Waals surface area contributed by atoms with Crippen molar-refractivity contribution in [2.24, 2.45) is 5.92 Å². The maximum Gasteiger partial charge on any atom is 0.258 e. The van der Waals surface area contributed by atoms with E-state index in [4.69, 9.17) is 0 Å². The molecule has 112 valence electrons. The summed E-state index contributed by atoms with van der Waals surface area (Å²) in [6, 6.07) is 15.0. The van der Waals surface area contributed by atoms with E-state index < -0.39 is 0 Å². The number of hydrogen-bond donors (Lipinski definition) is 1. The molecule has 0 atom stereocenters. The van der Waals surface area contributed by atoms with Gasteiger partial charge in [0.05, 0.1) is 6.54 Å². The van der Waals surface area contributed by atoms with Crippen LogP contribution in [0, 0.1) is 5.92 Å². The third-order valence-electron chi connectivity index (χ3n) is 3.79. The Balaban J connectivity index is 1.77. The lowest BCUT2D eigenvalue weighted by atomic mass is 10.1. The molecular weight excluding hydrogens is 276 g/mol. The number of anilines is 2. The van der Waals surface area contributed by atoms with Crippen LogP contribution in [0.4, 0.5) is 11.4 Å². The van der Waals surface area contributed by atoms with Crippen molar-refractivity contribution < 1.29 is 9.59 Å². The zero-order chi connectivity index (χ0) is 15.7. The molecule has 1 aliphatic heterocycles. The quantitative estimate of drug-likeness (QED) is 0.942. The van der Waals surface area contributed by atoms with E-state index in [9.17, 15) is 9.59 Å². The van der Waals surface area contributed by atoms with Gasteiger partial charge in [0.2, 0.25) is 5.91 Å². The molecule has 0 fully saturated rings. The number of carbonyl (C=O) groups is 2. The molecule has 0 aromatic heterocycles. The molecule has 0 unspecified atom stereocenters. The molecular formula is C18H18N2O2. The minimum atomic E-state index is -0.0608. The summed E-state index contributed by atoms with van der Waals surface area (Å²) in [4.78, 5) is 25.8. The SMILES string of the molecule is CC(C)C(=O)Nc1ccc(N2Cc3ccccc3C2=O)cc1. The summed E-state index contributed by atoms with van der Waals surface area (Å²) in [5, 5.41) is 2.85. The summed E-state index contributed by atoms with van der Waals surface area (Å²) in [5.41, 5.74) is 3.39. The fourth-order valence-electron chi connectivity index (χ4n) is 2.47. The number of carbonyl (C=O) groups excluding carboxylic acids is 2. The zero-order valence-corrected chi connectivity index (χ0v) is 12.7. The third kappa shape index (κ3) is 2.60. The highest BCUT2D eigenvalue weighted by Crippen LogP contribution is 2.28. The molecule has 1 heterocycles. The van der Waals surface area contributed by atoms with E-state index in [2.05, 4.69) is 5.32 Å². The van der Waals surface area contributed by atoms with Crippen LogP contribution < -0.4 is 10.2 Å². The van der Waals surface area contributed by atoms with Gasteiger partial charge in [-0.25, -0.2) is 0 Å². The van der Waals surface area contributed by atoms with E-state index in [1.807, 2.05) is 62.4 Å². The predicted octanol–water partition coefficient (Wildman–Crippen LogP) is 3.44. The van der Waals surface area contributed by atoms with Gasteiger partial charge in [0.1, 0.15) is 0 Å². The summed E-state index contributed by atoms with van der Waals surface area (Å²) >= 11 is 0. The summed E-state index contributed by atoms with van der Waals surface area (Å²) in [5.74, 6) is -0.0543. The number of hydrogen-bond acceptors (Lipinski definition) is 2. The molecule has 0 radical (unpaired) electrons. The Labute approximate surface area is 129 Å². The van der Waals surface area contributed by atoms with Gasteiger partial charge < -0.3 is 10.2 Å². The van der Waals surface area contributed by atoms with Gasteiger partial charge in [-0.15, -0.1) is 0 Å². The lowest BCUT2D eigenvalue weighted by Crippen LogP contribution is -2.23. The second-order valence-electron chi connectivity index (χ2n) is 5.74. The standard InChI is InChI=1S/C18H18N2O2/c1-12(2)17(21)19-14-7-9-15(10-8-14)20-11-13-5-3-4-6-16(13)18(20)22/h3-10,12H,11H2,1-2H3,(H,19,21). The Kier molecular flexibility index (Phi) is 3.67. The first kappa shape index (κ1) is 14.3. The topological polar surface area (TPSA) is 49.4 Å². The van der Waals surface area contributed by atoms with Crippen LogP contribution in [0.5, 0.6) is 0 Å². The monoisotopic (exact) mass is 294 g/mol. The Morgan fingerprint density at radius 2 is 1.77 bits per heavy atom. The van der Waals surface area contributed by atoms with Crippen molar-refractivity contribution in [1.82, 2.24) is 0 Å².